The molecule has 10 heteroatoms. The Balaban J connectivity index is 1.24. The number of rotatable bonds is 5. The van der Waals surface area contributed by atoms with Gasteiger partial charge in [0.15, 0.2) is 0 Å². The molecule has 8 nitrogen and oxygen atoms in total. The Hall–Kier alpha value is -2.98. The number of benzene rings is 1. The second-order valence-electron chi connectivity index (χ2n) is 11.9. The molecular formula is C31H38FN5O3S. The van der Waals surface area contributed by atoms with Crippen molar-refractivity contribution in [2.45, 2.75) is 74.9 Å². The summed E-state index contributed by atoms with van der Waals surface area (Å²) < 4.78 is 17.2. The van der Waals surface area contributed by atoms with Crippen LogP contribution in [0.5, 0.6) is 0 Å². The number of aromatic nitrogens is 3. The van der Waals surface area contributed by atoms with Crippen molar-refractivity contribution >= 4 is 28.7 Å². The number of carbonyl (C=O) groups excluding carboxylic acids is 1. The number of hydrogen-bond acceptors (Lipinski definition) is 6. The number of pyridine rings is 1. The van der Waals surface area contributed by atoms with Crippen LogP contribution in [0.1, 0.15) is 69.0 Å². The molecule has 218 valence electrons. The van der Waals surface area contributed by atoms with Crippen LogP contribution in [0.2, 0.25) is 0 Å². The van der Waals surface area contributed by atoms with Gasteiger partial charge in [-0.3, -0.25) is 18.7 Å². The molecule has 1 N–H and O–H groups in total. The highest BCUT2D eigenvalue weighted by atomic mass is 32.2. The lowest BCUT2D eigenvalue weighted by Gasteiger charge is -2.41. The molecule has 0 bridgehead atoms. The summed E-state index contributed by atoms with van der Waals surface area (Å²) in [7, 11) is 2.09. The van der Waals surface area contributed by atoms with Gasteiger partial charge in [-0.15, -0.1) is 0 Å². The molecule has 3 aliphatic rings. The van der Waals surface area contributed by atoms with Crippen molar-refractivity contribution in [1.29, 1.82) is 0 Å². The van der Waals surface area contributed by atoms with Gasteiger partial charge in [0.25, 0.3) is 5.56 Å². The van der Waals surface area contributed by atoms with Gasteiger partial charge in [-0.1, -0.05) is 30.3 Å². The van der Waals surface area contributed by atoms with Gasteiger partial charge in [0.1, 0.15) is 11.5 Å². The Bertz CT molecular complexity index is 1520. The molecule has 4 heterocycles. The first-order chi connectivity index (χ1) is 19.9. The predicted molar refractivity (Wildman–Crippen MR) is 160 cm³/mol. The topological polar surface area (TPSA) is 89.2 Å². The van der Waals surface area contributed by atoms with Crippen molar-refractivity contribution in [3.63, 3.8) is 0 Å². The third-order valence-corrected chi connectivity index (χ3v) is 10.5. The maximum absolute atomic E-state index is 14.2. The number of likely N-dealkylation sites (tertiary alicyclic amines) is 1. The summed E-state index contributed by atoms with van der Waals surface area (Å²) in [6.07, 6.45) is 6.78. The van der Waals surface area contributed by atoms with Crippen molar-refractivity contribution in [2.24, 2.45) is 0 Å². The summed E-state index contributed by atoms with van der Waals surface area (Å²) >= 11 is 1.85. The van der Waals surface area contributed by atoms with Gasteiger partial charge >= 0.3 is 5.69 Å². The van der Waals surface area contributed by atoms with Crippen molar-refractivity contribution in [1.82, 2.24) is 24.3 Å². The number of carbonyl (C=O) groups is 1. The summed E-state index contributed by atoms with van der Waals surface area (Å²) in [6, 6.07) is 10.9. The van der Waals surface area contributed by atoms with E-state index >= 15 is 0 Å². The van der Waals surface area contributed by atoms with E-state index in [1.165, 1.54) is 10.6 Å². The molecule has 0 spiro atoms. The van der Waals surface area contributed by atoms with Crippen molar-refractivity contribution in [3.05, 3.63) is 74.8 Å². The fourth-order valence-electron chi connectivity index (χ4n) is 7.01. The third kappa shape index (κ3) is 5.36. The van der Waals surface area contributed by atoms with E-state index in [2.05, 4.69) is 34.4 Å². The fraction of sp³-hybridized carbons (Fsp3) is 0.548. The average Bonchev–Trinajstić information content (AvgIpc) is 3.00. The van der Waals surface area contributed by atoms with Crippen LogP contribution in [0, 0.1) is 5.82 Å². The standard InChI is InChI=1S/C31H38FN5O3S/c1-35-15-13-31(14-16-35,21-5-3-2-4-6-21)29(39)34-23-7-9-24(10-8-23)37-28(38)26-19-22(32)20-33-27(26)36(30(37)40)25-11-17-41-18-12-25/h2-6,19-20,23-25H,7-18H2,1H3,(H,34,39). The SMILES string of the molecule is CN1CCC(C(=O)NC2CCC(n3c(=O)c4cc(F)cnc4n(C4CCSCC4)c3=O)CC2)(c2ccccc2)CC1. The molecule has 0 atom stereocenters. The molecule has 0 radical (unpaired) electrons. The minimum atomic E-state index is -0.585. The van der Waals surface area contributed by atoms with E-state index in [9.17, 15) is 18.8 Å². The number of hydrogen-bond donors (Lipinski definition) is 1. The lowest BCUT2D eigenvalue weighted by molar-refractivity contribution is -0.129. The van der Waals surface area contributed by atoms with Crippen LogP contribution < -0.4 is 16.6 Å². The Morgan fingerprint density at radius 1 is 0.976 bits per heavy atom. The van der Waals surface area contributed by atoms with E-state index < -0.39 is 16.8 Å². The molecule has 2 aliphatic heterocycles. The van der Waals surface area contributed by atoms with Crippen molar-refractivity contribution in [2.75, 3.05) is 31.6 Å². The highest BCUT2D eigenvalue weighted by Crippen LogP contribution is 2.37. The zero-order valence-electron chi connectivity index (χ0n) is 23.6. The highest BCUT2D eigenvalue weighted by Gasteiger charge is 2.43. The predicted octanol–water partition coefficient (Wildman–Crippen LogP) is 4.03. The monoisotopic (exact) mass is 579 g/mol. The van der Waals surface area contributed by atoms with Crippen LogP contribution in [0.3, 0.4) is 0 Å². The first kappa shape index (κ1) is 28.2. The van der Waals surface area contributed by atoms with Gasteiger partial charge in [-0.2, -0.15) is 11.8 Å². The average molecular weight is 580 g/mol. The van der Waals surface area contributed by atoms with E-state index in [1.54, 1.807) is 4.57 Å². The maximum Gasteiger partial charge on any atom is 0.333 e. The normalized spacial score (nSPS) is 23.9. The Labute approximate surface area is 243 Å². The third-order valence-electron chi connectivity index (χ3n) is 9.48. The number of nitrogens with zero attached hydrogens (tertiary/aromatic N) is 4. The van der Waals surface area contributed by atoms with Crippen LogP contribution >= 0.6 is 11.8 Å². The molecule has 1 aliphatic carbocycles. The Morgan fingerprint density at radius 3 is 2.32 bits per heavy atom. The van der Waals surface area contributed by atoms with E-state index in [4.69, 9.17) is 0 Å². The zero-order chi connectivity index (χ0) is 28.6. The summed E-state index contributed by atoms with van der Waals surface area (Å²) in [4.78, 5) is 47.8. The molecule has 2 aromatic heterocycles. The Kier molecular flexibility index (Phi) is 8.05. The van der Waals surface area contributed by atoms with Crippen LogP contribution in [0.25, 0.3) is 11.0 Å². The first-order valence-electron chi connectivity index (χ1n) is 14.8. The number of halogens is 1. The molecule has 1 amide bonds. The van der Waals surface area contributed by atoms with Gasteiger partial charge in [0.05, 0.1) is 17.0 Å². The summed E-state index contributed by atoms with van der Waals surface area (Å²) in [5, 5.41) is 3.51. The van der Waals surface area contributed by atoms with Crippen molar-refractivity contribution < 1.29 is 9.18 Å². The van der Waals surface area contributed by atoms with Crippen LogP contribution in [0.4, 0.5) is 4.39 Å². The number of thioether (sulfide) groups is 1. The molecule has 1 aromatic carbocycles. The Morgan fingerprint density at radius 2 is 1.63 bits per heavy atom. The van der Waals surface area contributed by atoms with Gasteiger partial charge in [-0.25, -0.2) is 14.2 Å². The second kappa shape index (κ2) is 11.7. The number of amides is 1. The van der Waals surface area contributed by atoms with Crippen LogP contribution in [0.15, 0.2) is 52.2 Å². The van der Waals surface area contributed by atoms with E-state index in [-0.39, 0.29) is 40.8 Å². The summed E-state index contributed by atoms with van der Waals surface area (Å²) in [5.41, 5.74) is -0.0341. The lowest BCUT2D eigenvalue weighted by Crippen LogP contribution is -2.54. The molecule has 3 fully saturated rings. The number of fused-ring (bicyclic) bond motifs is 1. The fourth-order valence-corrected chi connectivity index (χ4v) is 8.09. The first-order valence-corrected chi connectivity index (χ1v) is 16.0. The second-order valence-corrected chi connectivity index (χ2v) is 13.2. The van der Waals surface area contributed by atoms with Crippen molar-refractivity contribution in [3.8, 4) is 0 Å². The summed E-state index contributed by atoms with van der Waals surface area (Å²) in [6.45, 7) is 1.72. The molecule has 1 saturated carbocycles. The quantitative estimate of drug-likeness (QED) is 0.491. The zero-order valence-corrected chi connectivity index (χ0v) is 24.4. The molecule has 2 saturated heterocycles. The number of piperidine rings is 1. The van der Waals surface area contributed by atoms with E-state index in [1.807, 2.05) is 30.0 Å². The molecule has 6 rings (SSSR count). The van der Waals surface area contributed by atoms with Gasteiger partial charge in [-0.05, 0) is 94.6 Å². The molecule has 41 heavy (non-hydrogen) atoms. The summed E-state index contributed by atoms with van der Waals surface area (Å²) in [5.74, 6) is 1.36. The molecular weight excluding hydrogens is 541 g/mol. The van der Waals surface area contributed by atoms with Gasteiger partial charge in [0.2, 0.25) is 5.91 Å². The van der Waals surface area contributed by atoms with Gasteiger partial charge < -0.3 is 10.2 Å². The van der Waals surface area contributed by atoms with Gasteiger partial charge in [0, 0.05) is 18.1 Å². The van der Waals surface area contributed by atoms with E-state index in [0.717, 1.165) is 62.0 Å². The van der Waals surface area contributed by atoms with Crippen LogP contribution in [-0.4, -0.2) is 62.6 Å². The van der Waals surface area contributed by atoms with Crippen LogP contribution in [-0.2, 0) is 10.2 Å². The molecule has 3 aromatic rings. The highest BCUT2D eigenvalue weighted by molar-refractivity contribution is 7.99. The largest absolute Gasteiger partial charge is 0.353 e. The van der Waals surface area contributed by atoms with E-state index in [0.29, 0.717) is 25.7 Å². The number of nitrogens with one attached hydrogen (secondary N) is 1. The maximum atomic E-state index is 14.2. The minimum Gasteiger partial charge on any atom is -0.353 e. The lowest BCUT2D eigenvalue weighted by atomic mass is 9.71. The molecule has 0 unspecified atom stereocenters. The smallest absolute Gasteiger partial charge is 0.333 e. The minimum absolute atomic E-state index is 0.0214.